The van der Waals surface area contributed by atoms with Gasteiger partial charge < -0.3 is 38.7 Å². The highest BCUT2D eigenvalue weighted by Gasteiger charge is 2.37. The lowest BCUT2D eigenvalue weighted by Crippen LogP contribution is -2.41. The number of ether oxygens (including phenoxy) is 4. The zero-order chi connectivity index (χ0) is 35.5. The van der Waals surface area contributed by atoms with Crippen LogP contribution in [-0.2, 0) is 13.9 Å². The van der Waals surface area contributed by atoms with Crippen LogP contribution in [0.1, 0.15) is 86.4 Å². The van der Waals surface area contributed by atoms with Crippen LogP contribution >= 0.6 is 0 Å². The lowest BCUT2D eigenvalue weighted by atomic mass is 9.96. The van der Waals surface area contributed by atoms with E-state index in [1.165, 1.54) is 0 Å². The standard InChI is InChI=1S/C37H54O10Si/c1-37(2,3)48(6,7)45-19-18-34(47-36(42)27-11-16-32(44-5)17-12-27)24-30(40)22-28(38)20-25-8-13-33(23-29(39)21-25)46-35(41)26-9-14-31(43-4)15-10-26/h8-12,14-17,28-30,33-34,38-40H,13,18-24H2,1-7H3/t28-,29-,30+,33-,34+/m0/s1. The van der Waals surface area contributed by atoms with E-state index in [1.54, 1.807) is 62.8 Å². The molecule has 0 aliphatic heterocycles. The van der Waals surface area contributed by atoms with E-state index in [1.807, 2.05) is 6.08 Å². The second-order valence-corrected chi connectivity index (χ2v) is 18.9. The van der Waals surface area contributed by atoms with E-state index in [0.29, 0.717) is 48.5 Å². The number of hydrogen-bond donors (Lipinski definition) is 3. The predicted octanol–water partition coefficient (Wildman–Crippen LogP) is 6.23. The molecule has 1 aliphatic carbocycles. The summed E-state index contributed by atoms with van der Waals surface area (Å²) in [4.78, 5) is 25.7. The number of aliphatic hydroxyl groups excluding tert-OH is 3. The van der Waals surface area contributed by atoms with Gasteiger partial charge in [0, 0.05) is 32.3 Å². The Labute approximate surface area is 286 Å². The summed E-state index contributed by atoms with van der Waals surface area (Å²) in [6.07, 6.45) is 0.0192. The third-order valence-corrected chi connectivity index (χ3v) is 13.7. The van der Waals surface area contributed by atoms with Crippen LogP contribution < -0.4 is 9.47 Å². The van der Waals surface area contributed by atoms with E-state index in [9.17, 15) is 24.9 Å². The third kappa shape index (κ3) is 12.3. The zero-order valence-corrected chi connectivity index (χ0v) is 30.4. The van der Waals surface area contributed by atoms with Crippen LogP contribution in [0.4, 0.5) is 0 Å². The van der Waals surface area contributed by atoms with Crippen LogP contribution in [0.25, 0.3) is 0 Å². The Hall–Kier alpha value is -3.22. The molecule has 10 nitrogen and oxygen atoms in total. The maximum absolute atomic E-state index is 13.0. The SMILES string of the molecule is COc1ccc(C(=O)O[C@H](CCO[Si](C)(C)C(C)(C)C)C[C@H](O)C[C@@H](O)CC2=CC[C@H](OC(=O)c3ccc(OC)cc3)C[C@@H](O)C2)cc1. The molecule has 5 atom stereocenters. The van der Waals surface area contributed by atoms with Crippen LogP contribution in [0, 0.1) is 0 Å². The number of methoxy groups -OCH3 is 2. The van der Waals surface area contributed by atoms with Crippen LogP contribution in [0.2, 0.25) is 18.1 Å². The number of rotatable bonds is 16. The molecule has 0 unspecified atom stereocenters. The van der Waals surface area contributed by atoms with Gasteiger partial charge in [-0.25, -0.2) is 9.59 Å². The normalized spacial score (nSPS) is 18.9. The minimum Gasteiger partial charge on any atom is -0.497 e. The Kier molecular flexibility index (Phi) is 14.7. The Bertz CT molecular complexity index is 1330. The summed E-state index contributed by atoms with van der Waals surface area (Å²) in [5, 5.41) is 32.6. The van der Waals surface area contributed by atoms with Crippen molar-refractivity contribution in [2.24, 2.45) is 0 Å². The van der Waals surface area contributed by atoms with Gasteiger partial charge in [-0.3, -0.25) is 0 Å². The van der Waals surface area contributed by atoms with Crippen LogP contribution in [0.3, 0.4) is 0 Å². The summed E-state index contributed by atoms with van der Waals surface area (Å²) in [5.41, 5.74) is 1.59. The molecule has 0 bridgehead atoms. The Morgan fingerprint density at radius 1 is 0.875 bits per heavy atom. The lowest BCUT2D eigenvalue weighted by Gasteiger charge is -2.36. The first kappa shape index (κ1) is 39.2. The molecule has 0 fully saturated rings. The number of aliphatic hydroxyl groups is 3. The zero-order valence-electron chi connectivity index (χ0n) is 29.4. The molecular weight excluding hydrogens is 632 g/mol. The first-order valence-electron chi connectivity index (χ1n) is 16.7. The molecule has 48 heavy (non-hydrogen) atoms. The summed E-state index contributed by atoms with van der Waals surface area (Å²) < 4.78 is 28.2. The maximum Gasteiger partial charge on any atom is 0.338 e. The van der Waals surface area contributed by atoms with Crippen molar-refractivity contribution < 1.29 is 48.3 Å². The number of carbonyl (C=O) groups is 2. The van der Waals surface area contributed by atoms with E-state index >= 15 is 0 Å². The fraction of sp³-hybridized carbons (Fsp3) is 0.568. The molecule has 0 spiro atoms. The van der Waals surface area contributed by atoms with Crippen LogP contribution in [0.15, 0.2) is 60.2 Å². The molecule has 0 aromatic heterocycles. The summed E-state index contributed by atoms with van der Waals surface area (Å²) in [7, 11) is 1.06. The van der Waals surface area contributed by atoms with E-state index in [0.717, 1.165) is 5.57 Å². The smallest absolute Gasteiger partial charge is 0.338 e. The Morgan fingerprint density at radius 3 is 1.98 bits per heavy atom. The molecule has 0 amide bonds. The van der Waals surface area contributed by atoms with Crippen molar-refractivity contribution in [3.05, 3.63) is 71.3 Å². The second kappa shape index (κ2) is 18.0. The molecule has 0 heterocycles. The largest absolute Gasteiger partial charge is 0.497 e. The Morgan fingerprint density at radius 2 is 1.44 bits per heavy atom. The molecular formula is C37H54O10Si. The monoisotopic (exact) mass is 686 g/mol. The van der Waals surface area contributed by atoms with Gasteiger partial charge in [0.2, 0.25) is 0 Å². The predicted molar refractivity (Wildman–Crippen MR) is 186 cm³/mol. The molecule has 266 valence electrons. The van der Waals surface area contributed by atoms with Gasteiger partial charge >= 0.3 is 11.9 Å². The van der Waals surface area contributed by atoms with Crippen molar-refractivity contribution in [2.45, 2.75) is 114 Å². The highest BCUT2D eigenvalue weighted by molar-refractivity contribution is 6.74. The first-order chi connectivity index (χ1) is 22.6. The molecule has 0 radical (unpaired) electrons. The van der Waals surface area contributed by atoms with Crippen molar-refractivity contribution in [3.8, 4) is 11.5 Å². The van der Waals surface area contributed by atoms with Crippen molar-refractivity contribution in [1.29, 1.82) is 0 Å². The van der Waals surface area contributed by atoms with Gasteiger partial charge in [0.25, 0.3) is 0 Å². The molecule has 11 heteroatoms. The van der Waals surface area contributed by atoms with Crippen molar-refractivity contribution in [2.75, 3.05) is 20.8 Å². The molecule has 1 aliphatic rings. The van der Waals surface area contributed by atoms with Gasteiger partial charge in [0.15, 0.2) is 8.32 Å². The summed E-state index contributed by atoms with van der Waals surface area (Å²) >= 11 is 0. The van der Waals surface area contributed by atoms with Crippen LogP contribution in [0.5, 0.6) is 11.5 Å². The van der Waals surface area contributed by atoms with Crippen molar-refractivity contribution in [3.63, 3.8) is 0 Å². The van der Waals surface area contributed by atoms with Gasteiger partial charge in [-0.1, -0.05) is 32.4 Å². The summed E-state index contributed by atoms with van der Waals surface area (Å²) in [5.74, 6) is 0.263. The number of hydrogen-bond acceptors (Lipinski definition) is 10. The van der Waals surface area contributed by atoms with Crippen molar-refractivity contribution >= 4 is 20.3 Å². The van der Waals surface area contributed by atoms with Gasteiger partial charge in [-0.05, 0) is 85.9 Å². The van der Waals surface area contributed by atoms with E-state index in [-0.39, 0.29) is 30.7 Å². The van der Waals surface area contributed by atoms with E-state index in [4.69, 9.17) is 23.4 Å². The molecule has 0 saturated carbocycles. The fourth-order valence-corrected chi connectivity index (χ4v) is 6.37. The molecule has 3 N–H and O–H groups in total. The molecule has 2 aromatic carbocycles. The van der Waals surface area contributed by atoms with Gasteiger partial charge in [0.1, 0.15) is 23.7 Å². The molecule has 2 aromatic rings. The topological polar surface area (TPSA) is 141 Å². The quantitative estimate of drug-likeness (QED) is 0.106. The van der Waals surface area contributed by atoms with Gasteiger partial charge in [0.05, 0.1) is 43.7 Å². The minimum absolute atomic E-state index is 0.0182. The van der Waals surface area contributed by atoms with Crippen molar-refractivity contribution in [1.82, 2.24) is 0 Å². The molecule has 0 saturated heterocycles. The van der Waals surface area contributed by atoms with E-state index in [2.05, 4.69) is 33.9 Å². The minimum atomic E-state index is -2.04. The lowest BCUT2D eigenvalue weighted by molar-refractivity contribution is -0.000443. The second-order valence-electron chi connectivity index (χ2n) is 14.1. The average molecular weight is 687 g/mol. The van der Waals surface area contributed by atoms with Gasteiger partial charge in [-0.15, -0.1) is 0 Å². The maximum atomic E-state index is 13.0. The third-order valence-electron chi connectivity index (χ3n) is 9.19. The van der Waals surface area contributed by atoms with Gasteiger partial charge in [-0.2, -0.15) is 0 Å². The summed E-state index contributed by atoms with van der Waals surface area (Å²) in [6, 6.07) is 13.2. The number of esters is 2. The highest BCUT2D eigenvalue weighted by atomic mass is 28.4. The van der Waals surface area contributed by atoms with E-state index < -0.39 is 50.8 Å². The fourth-order valence-electron chi connectivity index (χ4n) is 5.31. The average Bonchev–Trinajstić information content (AvgIpc) is 3.19. The van der Waals surface area contributed by atoms with Crippen LogP contribution in [-0.4, -0.2) is 86.9 Å². The highest BCUT2D eigenvalue weighted by Crippen LogP contribution is 2.36. The summed E-state index contributed by atoms with van der Waals surface area (Å²) in [6.45, 7) is 11.2. The Balaban J connectivity index is 1.58. The first-order valence-corrected chi connectivity index (χ1v) is 19.6. The number of benzene rings is 2. The molecule has 3 rings (SSSR count). The number of carbonyl (C=O) groups excluding carboxylic acids is 2.